The van der Waals surface area contributed by atoms with Gasteiger partial charge in [0.05, 0.1) is 5.02 Å². The van der Waals surface area contributed by atoms with Crippen LogP contribution >= 0.6 is 11.6 Å². The van der Waals surface area contributed by atoms with Crippen LogP contribution in [0.5, 0.6) is 5.75 Å². The molecule has 0 spiro atoms. The molecule has 0 amide bonds. The van der Waals surface area contributed by atoms with Crippen molar-refractivity contribution in [1.82, 2.24) is 0 Å². The Hall–Kier alpha value is -0.800. The number of hydrogen-bond acceptors (Lipinski definition) is 2. The Kier molecular flexibility index (Phi) is 2.78. The average molecular weight is 204 g/mol. The molecule has 1 aromatic carbocycles. The van der Waals surface area contributed by atoms with E-state index in [1.54, 1.807) is 19.9 Å². The lowest BCUT2D eigenvalue weighted by Crippen LogP contribution is -2.08. The lowest BCUT2D eigenvalue weighted by Gasteiger charge is -2.11. The second kappa shape index (κ2) is 3.52. The largest absolute Gasteiger partial charge is 0.504 e. The minimum absolute atomic E-state index is 0.0434. The van der Waals surface area contributed by atoms with Crippen molar-refractivity contribution in [2.24, 2.45) is 5.73 Å². The summed E-state index contributed by atoms with van der Waals surface area (Å²) in [6.45, 7) is 3.33. The van der Waals surface area contributed by atoms with Gasteiger partial charge in [-0.2, -0.15) is 0 Å². The van der Waals surface area contributed by atoms with Gasteiger partial charge in [0.2, 0.25) is 0 Å². The molecule has 2 nitrogen and oxygen atoms in total. The normalized spacial score (nSPS) is 13.0. The molecule has 3 N–H and O–H groups in total. The molecule has 1 atom stereocenters. The van der Waals surface area contributed by atoms with Crippen LogP contribution in [0.4, 0.5) is 4.39 Å². The van der Waals surface area contributed by atoms with Crippen LogP contribution in [0, 0.1) is 12.7 Å². The summed E-state index contributed by atoms with van der Waals surface area (Å²) < 4.78 is 13.3. The van der Waals surface area contributed by atoms with Gasteiger partial charge in [-0.15, -0.1) is 0 Å². The van der Waals surface area contributed by atoms with Crippen LogP contribution < -0.4 is 5.73 Å². The molecule has 1 rings (SSSR count). The Morgan fingerprint density at radius 1 is 1.62 bits per heavy atom. The van der Waals surface area contributed by atoms with Gasteiger partial charge in [0.15, 0.2) is 11.6 Å². The number of aryl methyl sites for hydroxylation is 1. The van der Waals surface area contributed by atoms with E-state index in [0.29, 0.717) is 5.56 Å². The van der Waals surface area contributed by atoms with Crippen LogP contribution in [0.3, 0.4) is 0 Å². The molecule has 0 saturated carbocycles. The van der Waals surface area contributed by atoms with Gasteiger partial charge >= 0.3 is 0 Å². The lowest BCUT2D eigenvalue weighted by molar-refractivity contribution is 0.426. The molecule has 1 unspecified atom stereocenters. The zero-order valence-electron chi connectivity index (χ0n) is 7.44. The molecule has 13 heavy (non-hydrogen) atoms. The first-order valence-corrected chi connectivity index (χ1v) is 4.26. The number of hydrogen-bond donors (Lipinski definition) is 2. The monoisotopic (exact) mass is 203 g/mol. The van der Waals surface area contributed by atoms with E-state index in [0.717, 1.165) is 0 Å². The van der Waals surface area contributed by atoms with Crippen molar-refractivity contribution >= 4 is 11.6 Å². The maximum absolute atomic E-state index is 13.3. The highest BCUT2D eigenvalue weighted by Crippen LogP contribution is 2.33. The number of nitrogens with two attached hydrogens (primary N) is 1. The highest BCUT2D eigenvalue weighted by molar-refractivity contribution is 6.32. The van der Waals surface area contributed by atoms with E-state index in [1.165, 1.54) is 0 Å². The number of rotatable bonds is 1. The number of aromatic hydroxyl groups is 1. The Labute approximate surface area is 81.1 Å². The number of phenolic OH excluding ortho intramolecular Hbond substituents is 1. The maximum Gasteiger partial charge on any atom is 0.171 e. The highest BCUT2D eigenvalue weighted by atomic mass is 35.5. The zero-order valence-corrected chi connectivity index (χ0v) is 8.19. The van der Waals surface area contributed by atoms with Crippen LogP contribution in [0.15, 0.2) is 6.07 Å². The quantitative estimate of drug-likeness (QED) is 0.737. The Bertz CT molecular complexity index is 339. The van der Waals surface area contributed by atoms with Crippen molar-refractivity contribution in [3.8, 4) is 5.75 Å². The molecule has 0 radical (unpaired) electrons. The second-order valence-corrected chi connectivity index (χ2v) is 3.43. The summed E-state index contributed by atoms with van der Waals surface area (Å²) >= 11 is 5.63. The van der Waals surface area contributed by atoms with Gasteiger partial charge in [0, 0.05) is 11.6 Å². The van der Waals surface area contributed by atoms with Gasteiger partial charge in [-0.25, -0.2) is 4.39 Å². The van der Waals surface area contributed by atoms with Crippen molar-refractivity contribution < 1.29 is 9.50 Å². The fraction of sp³-hybridized carbons (Fsp3) is 0.333. The zero-order chi connectivity index (χ0) is 10.2. The van der Waals surface area contributed by atoms with E-state index in [1.807, 2.05) is 0 Å². The predicted octanol–water partition coefficient (Wildman–Crippen LogP) is 2.51. The summed E-state index contributed by atoms with van der Waals surface area (Å²) in [5, 5.41) is 9.30. The van der Waals surface area contributed by atoms with E-state index in [4.69, 9.17) is 17.3 Å². The van der Waals surface area contributed by atoms with Crippen molar-refractivity contribution in [2.75, 3.05) is 0 Å². The van der Waals surface area contributed by atoms with Crippen molar-refractivity contribution in [2.45, 2.75) is 19.9 Å². The first kappa shape index (κ1) is 10.3. The standard InChI is InChI=1S/C9H11ClFNO/c1-4-3-6(5(2)12)8(11)9(13)7(4)10/h3,5,13H,12H2,1-2H3. The van der Waals surface area contributed by atoms with E-state index < -0.39 is 17.6 Å². The molecule has 0 fully saturated rings. The van der Waals surface area contributed by atoms with Crippen LogP contribution in [0.25, 0.3) is 0 Å². The average Bonchev–Trinajstić information content (AvgIpc) is 2.07. The van der Waals surface area contributed by atoms with E-state index >= 15 is 0 Å². The molecule has 72 valence electrons. The minimum atomic E-state index is -0.731. The first-order chi connectivity index (χ1) is 5.95. The van der Waals surface area contributed by atoms with E-state index in [2.05, 4.69) is 0 Å². The SMILES string of the molecule is Cc1cc(C(C)N)c(F)c(O)c1Cl. The van der Waals surface area contributed by atoms with E-state index in [-0.39, 0.29) is 10.6 Å². The number of phenols is 1. The van der Waals surface area contributed by atoms with Crippen LogP contribution in [0.2, 0.25) is 5.02 Å². The molecule has 4 heteroatoms. The van der Waals surface area contributed by atoms with Gasteiger partial charge in [-0.1, -0.05) is 11.6 Å². The molecule has 0 heterocycles. The lowest BCUT2D eigenvalue weighted by atomic mass is 10.0. The van der Waals surface area contributed by atoms with Crippen molar-refractivity contribution in [1.29, 1.82) is 0 Å². The molecule has 1 aromatic rings. The summed E-state index contributed by atoms with van der Waals surface area (Å²) in [4.78, 5) is 0. The summed E-state index contributed by atoms with van der Waals surface area (Å²) in [7, 11) is 0. The summed E-state index contributed by atoms with van der Waals surface area (Å²) in [6, 6.07) is 1.09. The molecule has 0 saturated heterocycles. The molecule has 0 aliphatic heterocycles. The third-order valence-corrected chi connectivity index (χ3v) is 2.36. The fourth-order valence-electron chi connectivity index (χ4n) is 1.11. The summed E-state index contributed by atoms with van der Waals surface area (Å²) in [5.41, 5.74) is 6.40. The van der Waals surface area contributed by atoms with Gasteiger partial charge in [0.25, 0.3) is 0 Å². The Morgan fingerprint density at radius 2 is 2.15 bits per heavy atom. The van der Waals surface area contributed by atoms with Crippen molar-refractivity contribution in [3.63, 3.8) is 0 Å². The van der Waals surface area contributed by atoms with Gasteiger partial charge < -0.3 is 10.8 Å². The highest BCUT2D eigenvalue weighted by Gasteiger charge is 2.16. The van der Waals surface area contributed by atoms with Gasteiger partial charge in [0.1, 0.15) is 0 Å². The molecule has 0 aliphatic carbocycles. The number of halogens is 2. The topological polar surface area (TPSA) is 46.2 Å². The van der Waals surface area contributed by atoms with E-state index in [9.17, 15) is 9.50 Å². The molecule has 0 bridgehead atoms. The summed E-state index contributed by atoms with van der Waals surface area (Å²) in [5.74, 6) is -1.25. The maximum atomic E-state index is 13.3. The Balaban J connectivity index is 3.41. The molecular weight excluding hydrogens is 193 g/mol. The number of benzene rings is 1. The van der Waals surface area contributed by atoms with Crippen LogP contribution in [-0.4, -0.2) is 5.11 Å². The minimum Gasteiger partial charge on any atom is -0.504 e. The predicted molar refractivity (Wildman–Crippen MR) is 50.4 cm³/mol. The molecule has 0 aromatic heterocycles. The fourth-order valence-corrected chi connectivity index (χ4v) is 1.25. The Morgan fingerprint density at radius 3 is 2.62 bits per heavy atom. The van der Waals surface area contributed by atoms with Crippen molar-refractivity contribution in [3.05, 3.63) is 28.0 Å². The van der Waals surface area contributed by atoms with Crippen LogP contribution in [0.1, 0.15) is 24.1 Å². The first-order valence-electron chi connectivity index (χ1n) is 3.88. The molecule has 0 aliphatic rings. The third kappa shape index (κ3) is 1.76. The summed E-state index contributed by atoms with van der Waals surface area (Å²) in [6.07, 6.45) is 0. The smallest absolute Gasteiger partial charge is 0.171 e. The van der Waals surface area contributed by atoms with Gasteiger partial charge in [-0.3, -0.25) is 0 Å². The third-order valence-electron chi connectivity index (χ3n) is 1.88. The molecular formula is C9H11ClFNO. The van der Waals surface area contributed by atoms with Crippen LogP contribution in [-0.2, 0) is 0 Å². The van der Waals surface area contributed by atoms with Gasteiger partial charge in [-0.05, 0) is 25.5 Å². The second-order valence-electron chi connectivity index (χ2n) is 3.05.